The van der Waals surface area contributed by atoms with Crippen LogP contribution in [0.3, 0.4) is 0 Å². The number of rotatable bonds is 6. The first kappa shape index (κ1) is 29.5. The highest BCUT2D eigenvalue weighted by Crippen LogP contribution is 2.38. The van der Waals surface area contributed by atoms with Crippen molar-refractivity contribution in [3.63, 3.8) is 0 Å². The second-order valence-corrected chi connectivity index (χ2v) is 12.0. The minimum absolute atomic E-state index is 0.0625. The normalized spacial score (nSPS) is 21.5. The number of amides is 2. The second-order valence-electron chi connectivity index (χ2n) is 12.0. The van der Waals surface area contributed by atoms with E-state index in [1.54, 1.807) is 31.2 Å². The van der Waals surface area contributed by atoms with Crippen LogP contribution in [-0.4, -0.2) is 82.4 Å². The molecule has 10 nitrogen and oxygen atoms in total. The Labute approximate surface area is 256 Å². The molecule has 3 N–H and O–H groups in total. The fourth-order valence-corrected chi connectivity index (χ4v) is 6.42. The number of imide groups is 1. The number of likely N-dealkylation sites (tertiary alicyclic amines) is 1. The number of aliphatic imine (C=N–C) groups is 1. The number of fused-ring (bicyclic) bond motifs is 2. The molecular weight excluding hydrogens is 558 g/mol. The van der Waals surface area contributed by atoms with Gasteiger partial charge in [-0.15, -0.1) is 0 Å². The minimum atomic E-state index is -0.863. The lowest BCUT2D eigenvalue weighted by atomic mass is 9.94. The van der Waals surface area contributed by atoms with E-state index in [9.17, 15) is 19.5 Å². The van der Waals surface area contributed by atoms with Gasteiger partial charge in [0.05, 0.1) is 34.8 Å². The number of amidine groups is 1. The number of carbonyl (C=O) groups is 3. The van der Waals surface area contributed by atoms with Gasteiger partial charge in [-0.3, -0.25) is 29.7 Å². The SMILES string of the molecule is CC(=N)N1CCC(N2C(=O)c3cc4c(cc3C2=O)NC(=C2C(=O)CC=CC2=NC[C@@H](O)COc2ccc(C)cc2C)C4)CC1. The summed E-state index contributed by atoms with van der Waals surface area (Å²) in [5.41, 5.74) is 6.04. The van der Waals surface area contributed by atoms with Crippen molar-refractivity contribution in [3.8, 4) is 5.75 Å². The molecule has 0 aromatic heterocycles. The van der Waals surface area contributed by atoms with Gasteiger partial charge >= 0.3 is 0 Å². The Morgan fingerprint density at radius 1 is 1.11 bits per heavy atom. The maximum absolute atomic E-state index is 13.4. The number of nitrogens with one attached hydrogen (secondary N) is 2. The molecule has 1 atom stereocenters. The Kier molecular flexibility index (Phi) is 7.94. The summed E-state index contributed by atoms with van der Waals surface area (Å²) < 4.78 is 5.80. The lowest BCUT2D eigenvalue weighted by molar-refractivity contribution is -0.114. The summed E-state index contributed by atoms with van der Waals surface area (Å²) in [6, 6.07) is 9.17. The maximum Gasteiger partial charge on any atom is 0.261 e. The van der Waals surface area contributed by atoms with Gasteiger partial charge in [-0.05, 0) is 69.0 Å². The fraction of sp³-hybridized carbons (Fsp3) is 0.382. The predicted molar refractivity (Wildman–Crippen MR) is 168 cm³/mol. The molecule has 0 radical (unpaired) electrons. The number of anilines is 1. The summed E-state index contributed by atoms with van der Waals surface area (Å²) in [6.45, 7) is 7.14. The number of allylic oxidation sites excluding steroid dienone is 4. The zero-order valence-corrected chi connectivity index (χ0v) is 25.3. The van der Waals surface area contributed by atoms with Crippen LogP contribution in [0.25, 0.3) is 0 Å². The molecule has 4 aliphatic rings. The Hall–Kier alpha value is -4.57. The van der Waals surface area contributed by atoms with Crippen LogP contribution in [0.15, 0.2) is 58.7 Å². The van der Waals surface area contributed by atoms with E-state index in [-0.39, 0.29) is 43.2 Å². The van der Waals surface area contributed by atoms with Crippen LogP contribution in [0, 0.1) is 19.3 Å². The zero-order valence-electron chi connectivity index (χ0n) is 25.3. The first-order chi connectivity index (χ1) is 21.1. The van der Waals surface area contributed by atoms with Crippen LogP contribution in [-0.2, 0) is 11.2 Å². The molecule has 10 heteroatoms. The maximum atomic E-state index is 13.4. The topological polar surface area (TPSA) is 135 Å². The third kappa shape index (κ3) is 5.57. The van der Waals surface area contributed by atoms with Crippen molar-refractivity contribution in [1.82, 2.24) is 9.80 Å². The van der Waals surface area contributed by atoms with E-state index in [1.165, 1.54) is 4.90 Å². The Morgan fingerprint density at radius 2 is 1.84 bits per heavy atom. The van der Waals surface area contributed by atoms with Gasteiger partial charge in [-0.2, -0.15) is 0 Å². The van der Waals surface area contributed by atoms with Crippen LogP contribution < -0.4 is 10.1 Å². The van der Waals surface area contributed by atoms with Crippen LogP contribution in [0.1, 0.15) is 63.6 Å². The largest absolute Gasteiger partial charge is 0.491 e. The zero-order chi connectivity index (χ0) is 31.1. The summed E-state index contributed by atoms with van der Waals surface area (Å²) in [6.07, 6.45) is 4.61. The number of nitrogens with zero attached hydrogens (tertiary/aromatic N) is 3. The third-order valence-corrected chi connectivity index (χ3v) is 8.75. The first-order valence-electron chi connectivity index (χ1n) is 15.1. The van der Waals surface area contributed by atoms with E-state index in [4.69, 9.17) is 10.1 Å². The molecule has 1 saturated heterocycles. The Morgan fingerprint density at radius 3 is 2.55 bits per heavy atom. The highest BCUT2D eigenvalue weighted by Gasteiger charge is 2.42. The van der Waals surface area contributed by atoms with Crippen molar-refractivity contribution in [2.75, 3.05) is 31.6 Å². The van der Waals surface area contributed by atoms with Gasteiger partial charge in [-0.1, -0.05) is 23.8 Å². The van der Waals surface area contributed by atoms with Crippen molar-refractivity contribution in [3.05, 3.63) is 81.6 Å². The van der Waals surface area contributed by atoms with Crippen LogP contribution in [0.5, 0.6) is 5.75 Å². The molecule has 44 heavy (non-hydrogen) atoms. The van der Waals surface area contributed by atoms with Gasteiger partial charge in [0.15, 0.2) is 5.78 Å². The molecule has 0 bridgehead atoms. The number of ether oxygens (including phenoxy) is 1. The quantitative estimate of drug-likeness (QED) is 0.199. The molecule has 0 saturated carbocycles. The van der Waals surface area contributed by atoms with E-state index in [0.29, 0.717) is 77.7 Å². The summed E-state index contributed by atoms with van der Waals surface area (Å²) in [7, 11) is 0. The average Bonchev–Trinajstić information content (AvgIpc) is 3.51. The standard InChI is InChI=1S/C34H37N5O5/c1-19-7-8-31(20(2)13-19)44-18-24(40)17-36-27-5-4-6-30(41)32(27)29-15-22-14-25-26(16-28(22)37-29)34(43)39(33(25)42)23-9-11-38(12-10-23)21(3)35/h4-5,7-8,13-14,16,23-24,35,37,40H,6,9-12,15,17-18H2,1-3H3/t24-/m1/s1. The number of hydrogen-bond acceptors (Lipinski definition) is 8. The highest BCUT2D eigenvalue weighted by atomic mass is 16.5. The third-order valence-electron chi connectivity index (χ3n) is 8.75. The predicted octanol–water partition coefficient (Wildman–Crippen LogP) is 3.99. The van der Waals surface area contributed by atoms with Gasteiger partial charge < -0.3 is 20.1 Å². The number of aliphatic hydroxyl groups excluding tert-OH is 1. The Balaban J connectivity index is 1.17. The molecule has 6 rings (SSSR count). The molecule has 3 heterocycles. The van der Waals surface area contributed by atoms with Crippen LogP contribution in [0.2, 0.25) is 0 Å². The summed E-state index contributed by atoms with van der Waals surface area (Å²) in [5.74, 6) is 0.546. The number of Topliss-reactive ketones (excluding diaryl/α,β-unsaturated/α-hetero) is 1. The van der Waals surface area contributed by atoms with Crippen LogP contribution >= 0.6 is 0 Å². The second kappa shape index (κ2) is 11.8. The van der Waals surface area contributed by atoms with Crippen LogP contribution in [0.4, 0.5) is 5.69 Å². The van der Waals surface area contributed by atoms with E-state index in [1.807, 2.05) is 36.9 Å². The molecule has 2 amide bonds. The van der Waals surface area contributed by atoms with Crippen molar-refractivity contribution < 1.29 is 24.2 Å². The fourth-order valence-electron chi connectivity index (χ4n) is 6.42. The number of benzene rings is 2. The number of piperidine rings is 1. The molecule has 3 aliphatic heterocycles. The van der Waals surface area contributed by atoms with Gasteiger partial charge in [0.2, 0.25) is 0 Å². The number of ketones is 1. The minimum Gasteiger partial charge on any atom is -0.491 e. The Bertz CT molecular complexity index is 1620. The van der Waals surface area contributed by atoms with E-state index >= 15 is 0 Å². The lowest BCUT2D eigenvalue weighted by Gasteiger charge is -2.36. The number of hydrogen-bond donors (Lipinski definition) is 3. The molecular formula is C34H37N5O5. The molecule has 228 valence electrons. The van der Waals surface area contributed by atoms with Crippen molar-refractivity contribution in [1.29, 1.82) is 5.41 Å². The highest BCUT2D eigenvalue weighted by molar-refractivity contribution is 6.29. The molecule has 2 aromatic carbocycles. The molecule has 1 aliphatic carbocycles. The lowest BCUT2D eigenvalue weighted by Crippen LogP contribution is -2.48. The van der Waals surface area contributed by atoms with Crippen molar-refractivity contribution >= 4 is 34.8 Å². The average molecular weight is 596 g/mol. The monoisotopic (exact) mass is 595 g/mol. The number of aryl methyl sites for hydroxylation is 2. The summed E-state index contributed by atoms with van der Waals surface area (Å²) >= 11 is 0. The number of aliphatic hydroxyl groups is 1. The summed E-state index contributed by atoms with van der Waals surface area (Å²) in [4.78, 5) is 47.9. The van der Waals surface area contributed by atoms with Gasteiger partial charge in [0.25, 0.3) is 11.8 Å². The van der Waals surface area contributed by atoms with E-state index in [2.05, 4.69) is 10.3 Å². The van der Waals surface area contributed by atoms with Gasteiger partial charge in [0.1, 0.15) is 18.5 Å². The smallest absolute Gasteiger partial charge is 0.261 e. The van der Waals surface area contributed by atoms with Crippen molar-refractivity contribution in [2.45, 2.75) is 58.6 Å². The van der Waals surface area contributed by atoms with Gasteiger partial charge in [0, 0.05) is 43.4 Å². The van der Waals surface area contributed by atoms with E-state index < -0.39 is 6.10 Å². The first-order valence-corrected chi connectivity index (χ1v) is 15.1. The molecule has 2 aromatic rings. The molecule has 0 unspecified atom stereocenters. The molecule has 1 fully saturated rings. The van der Waals surface area contributed by atoms with Crippen molar-refractivity contribution in [2.24, 2.45) is 4.99 Å². The number of carbonyl (C=O) groups excluding carboxylic acids is 3. The van der Waals surface area contributed by atoms with E-state index in [0.717, 1.165) is 16.7 Å². The van der Waals surface area contributed by atoms with Gasteiger partial charge in [-0.25, -0.2) is 0 Å². The summed E-state index contributed by atoms with van der Waals surface area (Å²) in [5, 5.41) is 21.8. The molecule has 0 spiro atoms.